The molecule has 3 rings (SSSR count). The monoisotopic (exact) mass is 467 g/mol. The molecule has 0 radical (unpaired) electrons. The van der Waals surface area contributed by atoms with Gasteiger partial charge in [-0.05, 0) is 54.3 Å². The van der Waals surface area contributed by atoms with Gasteiger partial charge in [-0.1, -0.05) is 6.07 Å². The topological polar surface area (TPSA) is 91.1 Å². The lowest BCUT2D eigenvalue weighted by molar-refractivity contribution is -0.757. The minimum Gasteiger partial charge on any atom is -0.497 e. The van der Waals surface area contributed by atoms with Gasteiger partial charge in [0.05, 0.1) is 29.9 Å². The lowest BCUT2D eigenvalue weighted by Crippen LogP contribution is -2.24. The molecule has 2 aromatic rings. The first-order valence-corrected chi connectivity index (χ1v) is 11.0. The summed E-state index contributed by atoms with van der Waals surface area (Å²) in [5.41, 5.74) is 1.43. The number of carbonyl (C=O) groups excluding carboxylic acids is 1. The van der Waals surface area contributed by atoms with Crippen molar-refractivity contribution < 1.29 is 32.7 Å². The molecule has 0 bridgehead atoms. The summed E-state index contributed by atoms with van der Waals surface area (Å²) in [6, 6.07) is 9.55. The molecule has 1 aliphatic rings. The molecule has 1 heterocycles. The van der Waals surface area contributed by atoms with E-state index in [1.807, 2.05) is 6.07 Å². The second-order valence-corrected chi connectivity index (χ2v) is 8.28. The van der Waals surface area contributed by atoms with Gasteiger partial charge in [0.25, 0.3) is 5.09 Å². The fourth-order valence-corrected chi connectivity index (χ4v) is 4.33. The standard InChI is InChI=1S/C22H25FN2O6S/c1-29-18-5-7-21-17(13-18)15-24(8-11-32-21)14-16-4-6-19(20(23)12-16)22(26)30-9-2-3-10-31-25(27)28/h4-7,12-13H,2-3,8-11,14-15H2,1H3/i1D3. The zero-order valence-corrected chi connectivity index (χ0v) is 18.1. The molecule has 0 aliphatic carbocycles. The number of rotatable bonds is 10. The second kappa shape index (κ2) is 11.7. The van der Waals surface area contributed by atoms with E-state index >= 15 is 0 Å². The zero-order chi connectivity index (χ0) is 25.4. The Labute approximate surface area is 194 Å². The molecule has 0 amide bonds. The van der Waals surface area contributed by atoms with Crippen LogP contribution in [0.4, 0.5) is 4.39 Å². The number of methoxy groups -OCH3 is 1. The van der Waals surface area contributed by atoms with Crippen LogP contribution in [0.25, 0.3) is 0 Å². The van der Waals surface area contributed by atoms with Crippen molar-refractivity contribution in [2.24, 2.45) is 0 Å². The van der Waals surface area contributed by atoms with Crippen molar-refractivity contribution in [2.45, 2.75) is 30.8 Å². The Hall–Kier alpha value is -2.85. The molecule has 0 atom stereocenters. The smallest absolute Gasteiger partial charge is 0.341 e. The number of hydrogen-bond acceptors (Lipinski definition) is 8. The first-order valence-electron chi connectivity index (χ1n) is 11.5. The summed E-state index contributed by atoms with van der Waals surface area (Å²) >= 11 is 1.66. The number of unbranched alkanes of at least 4 members (excludes halogenated alkanes) is 1. The van der Waals surface area contributed by atoms with E-state index in [0.717, 1.165) is 22.8 Å². The van der Waals surface area contributed by atoms with E-state index in [2.05, 4.69) is 9.74 Å². The number of carbonyl (C=O) groups is 1. The van der Waals surface area contributed by atoms with Crippen molar-refractivity contribution in [1.82, 2.24) is 4.90 Å². The largest absolute Gasteiger partial charge is 0.497 e. The van der Waals surface area contributed by atoms with Gasteiger partial charge >= 0.3 is 5.97 Å². The van der Waals surface area contributed by atoms with E-state index in [1.54, 1.807) is 30.0 Å². The Morgan fingerprint density at radius 1 is 1.28 bits per heavy atom. The van der Waals surface area contributed by atoms with Crippen molar-refractivity contribution in [2.75, 3.05) is 32.5 Å². The predicted octanol–water partition coefficient (Wildman–Crippen LogP) is 4.09. The van der Waals surface area contributed by atoms with E-state index in [1.165, 1.54) is 12.1 Å². The highest BCUT2D eigenvalue weighted by Crippen LogP contribution is 2.31. The van der Waals surface area contributed by atoms with E-state index < -0.39 is 23.9 Å². The van der Waals surface area contributed by atoms with Crippen LogP contribution in [0.1, 0.15) is 38.4 Å². The van der Waals surface area contributed by atoms with Gasteiger partial charge < -0.3 is 14.3 Å². The number of benzene rings is 2. The van der Waals surface area contributed by atoms with Crippen molar-refractivity contribution in [1.29, 1.82) is 0 Å². The molecular weight excluding hydrogens is 439 g/mol. The van der Waals surface area contributed by atoms with Crippen LogP contribution in [0, 0.1) is 15.9 Å². The Morgan fingerprint density at radius 3 is 2.91 bits per heavy atom. The third kappa shape index (κ3) is 6.83. The maximum atomic E-state index is 14.6. The first-order chi connectivity index (χ1) is 16.6. The molecular formula is C22H25FN2O6S. The third-order valence-corrected chi connectivity index (χ3v) is 5.93. The fraction of sp³-hybridized carbons (Fsp3) is 0.409. The number of ether oxygens (including phenoxy) is 2. The van der Waals surface area contributed by atoms with Crippen LogP contribution < -0.4 is 4.74 Å². The van der Waals surface area contributed by atoms with Crippen LogP contribution in [-0.4, -0.2) is 48.5 Å². The molecule has 172 valence electrons. The lowest BCUT2D eigenvalue weighted by atomic mass is 10.1. The van der Waals surface area contributed by atoms with E-state index in [0.29, 0.717) is 31.5 Å². The number of hydrogen-bond donors (Lipinski definition) is 0. The molecule has 0 fully saturated rings. The highest BCUT2D eigenvalue weighted by molar-refractivity contribution is 7.99. The van der Waals surface area contributed by atoms with Gasteiger partial charge in [-0.25, -0.2) is 9.18 Å². The quantitative estimate of drug-likeness (QED) is 0.223. The highest BCUT2D eigenvalue weighted by atomic mass is 32.2. The molecule has 32 heavy (non-hydrogen) atoms. The molecule has 0 saturated carbocycles. The normalized spacial score (nSPS) is 15.5. The number of nitrogens with zero attached hydrogens (tertiary/aromatic N) is 2. The minimum absolute atomic E-state index is 0.000564. The molecule has 0 unspecified atom stereocenters. The van der Waals surface area contributed by atoms with Crippen LogP contribution in [0.3, 0.4) is 0 Å². The van der Waals surface area contributed by atoms with Gasteiger partial charge in [0.2, 0.25) is 0 Å². The fourth-order valence-electron chi connectivity index (χ4n) is 3.29. The molecule has 0 spiro atoms. The minimum atomic E-state index is -2.53. The van der Waals surface area contributed by atoms with Gasteiger partial charge in [-0.15, -0.1) is 21.9 Å². The summed E-state index contributed by atoms with van der Waals surface area (Å²) < 4.78 is 46.5. The average Bonchev–Trinajstić information content (AvgIpc) is 2.96. The van der Waals surface area contributed by atoms with Crippen LogP contribution in [-0.2, 0) is 22.7 Å². The van der Waals surface area contributed by atoms with Crippen molar-refractivity contribution in [3.8, 4) is 5.75 Å². The summed E-state index contributed by atoms with van der Waals surface area (Å²) in [6.07, 6.45) is 0.684. The summed E-state index contributed by atoms with van der Waals surface area (Å²) in [6.45, 7) is 1.61. The van der Waals surface area contributed by atoms with Gasteiger partial charge in [-0.2, -0.15) is 0 Å². The third-order valence-electron chi connectivity index (χ3n) is 4.84. The Balaban J connectivity index is 1.57. The average molecular weight is 468 g/mol. The molecule has 0 saturated heterocycles. The van der Waals surface area contributed by atoms with Crippen molar-refractivity contribution >= 4 is 17.7 Å². The molecule has 2 aromatic carbocycles. The summed E-state index contributed by atoms with van der Waals surface area (Å²) in [5, 5.41) is 9.18. The Bertz CT molecular complexity index is 1060. The number of halogens is 1. The molecule has 0 N–H and O–H groups in total. The van der Waals surface area contributed by atoms with Gasteiger partial charge in [0, 0.05) is 30.3 Å². The number of fused-ring (bicyclic) bond motifs is 1. The van der Waals surface area contributed by atoms with Gasteiger partial charge in [0.1, 0.15) is 11.6 Å². The Morgan fingerprint density at radius 2 is 2.12 bits per heavy atom. The maximum absolute atomic E-state index is 14.6. The highest BCUT2D eigenvalue weighted by Gasteiger charge is 2.18. The van der Waals surface area contributed by atoms with Crippen LogP contribution in [0.2, 0.25) is 0 Å². The summed E-state index contributed by atoms with van der Waals surface area (Å²) in [4.78, 5) is 29.5. The summed E-state index contributed by atoms with van der Waals surface area (Å²) in [7, 11) is -2.53. The van der Waals surface area contributed by atoms with Gasteiger partial charge in [-0.3, -0.25) is 4.90 Å². The molecule has 10 heteroatoms. The molecule has 0 aromatic heterocycles. The number of thioether (sulfide) groups is 1. The van der Waals surface area contributed by atoms with Crippen LogP contribution in [0.5, 0.6) is 5.75 Å². The van der Waals surface area contributed by atoms with Gasteiger partial charge in [0.15, 0.2) is 0 Å². The number of esters is 1. The van der Waals surface area contributed by atoms with Crippen LogP contribution in [0.15, 0.2) is 41.3 Å². The Kier molecular flexibility index (Phi) is 7.23. The first kappa shape index (κ1) is 19.8. The van der Waals surface area contributed by atoms with E-state index in [-0.39, 0.29) is 24.5 Å². The van der Waals surface area contributed by atoms with Crippen molar-refractivity contribution in [3.63, 3.8) is 0 Å². The van der Waals surface area contributed by atoms with E-state index in [4.69, 9.17) is 13.6 Å². The van der Waals surface area contributed by atoms with Crippen molar-refractivity contribution in [3.05, 3.63) is 69.0 Å². The van der Waals surface area contributed by atoms with E-state index in [9.17, 15) is 19.3 Å². The second-order valence-electron chi connectivity index (χ2n) is 7.14. The lowest BCUT2D eigenvalue weighted by Gasteiger charge is -2.20. The molecule has 8 nitrogen and oxygen atoms in total. The zero-order valence-electron chi connectivity index (χ0n) is 20.3. The molecule has 1 aliphatic heterocycles. The maximum Gasteiger partial charge on any atom is 0.341 e. The summed E-state index contributed by atoms with van der Waals surface area (Å²) in [5.74, 6) is -0.412. The predicted molar refractivity (Wildman–Crippen MR) is 117 cm³/mol. The SMILES string of the molecule is [2H]C([2H])([2H])Oc1ccc2c(c1)CN(Cc1ccc(C(=O)OCCCCO[N+](=O)[O-])c(F)c1)CCS2. The van der Waals surface area contributed by atoms with Crippen LogP contribution >= 0.6 is 11.8 Å².